The van der Waals surface area contributed by atoms with E-state index in [1.54, 1.807) is 0 Å². The highest BCUT2D eigenvalue weighted by Gasteiger charge is 2.14. The third-order valence-electron chi connectivity index (χ3n) is 2.86. The maximum absolute atomic E-state index is 5.54. The summed E-state index contributed by atoms with van der Waals surface area (Å²) in [6.07, 6.45) is 2.81. The second-order valence-electron chi connectivity index (χ2n) is 4.27. The molecule has 0 amide bonds. The fourth-order valence-corrected chi connectivity index (χ4v) is 2.03. The molecule has 1 aromatic heterocycles. The van der Waals surface area contributed by atoms with E-state index in [0.29, 0.717) is 6.10 Å². The highest BCUT2D eigenvalue weighted by atomic mass is 16.5. The predicted octanol–water partition coefficient (Wildman–Crippen LogP) is 0.664. The number of hydrogen-bond acceptors (Lipinski definition) is 4. The number of ether oxygens (including phenoxy) is 1. The van der Waals surface area contributed by atoms with E-state index in [9.17, 15) is 0 Å². The lowest BCUT2D eigenvalue weighted by Crippen LogP contribution is -2.29. The smallest absolute Gasteiger partial charge is 0.147 e. The largest absolute Gasteiger partial charge is 0.377 e. The first-order valence-electron chi connectivity index (χ1n) is 5.96. The second-order valence-corrected chi connectivity index (χ2v) is 4.27. The fourth-order valence-electron chi connectivity index (χ4n) is 2.03. The molecule has 1 fully saturated rings. The molecular weight excluding hydrogens is 204 g/mol. The van der Waals surface area contributed by atoms with Crippen molar-refractivity contribution in [3.05, 3.63) is 11.6 Å². The standard InChI is InChI=1S/C11H20N4O/c1-9-13-10(2)15(14-9)6-5-12-8-11-4-3-7-16-11/h11-12H,3-8H2,1-2H3. The Morgan fingerprint density at radius 3 is 3.00 bits per heavy atom. The van der Waals surface area contributed by atoms with E-state index >= 15 is 0 Å². The highest BCUT2D eigenvalue weighted by molar-refractivity contribution is 4.87. The van der Waals surface area contributed by atoms with E-state index in [2.05, 4.69) is 15.4 Å². The van der Waals surface area contributed by atoms with E-state index in [1.165, 1.54) is 12.8 Å². The van der Waals surface area contributed by atoms with Gasteiger partial charge in [0.25, 0.3) is 0 Å². The van der Waals surface area contributed by atoms with Crippen LogP contribution in [-0.4, -0.2) is 40.6 Å². The molecule has 1 aromatic rings. The second kappa shape index (κ2) is 5.41. The Morgan fingerprint density at radius 2 is 2.38 bits per heavy atom. The first kappa shape index (κ1) is 11.5. The van der Waals surface area contributed by atoms with Gasteiger partial charge in [-0.1, -0.05) is 0 Å². The Kier molecular flexibility index (Phi) is 3.90. The van der Waals surface area contributed by atoms with Gasteiger partial charge in [0.1, 0.15) is 11.6 Å². The number of nitrogens with one attached hydrogen (secondary N) is 1. The van der Waals surface area contributed by atoms with Gasteiger partial charge in [-0.3, -0.25) is 0 Å². The molecule has 1 aliphatic heterocycles. The molecular formula is C11H20N4O. The maximum atomic E-state index is 5.54. The SMILES string of the molecule is Cc1nc(C)n(CCNCC2CCCO2)n1. The van der Waals surface area contributed by atoms with Gasteiger partial charge in [-0.15, -0.1) is 0 Å². The zero-order valence-electron chi connectivity index (χ0n) is 10.1. The van der Waals surface area contributed by atoms with Crippen LogP contribution < -0.4 is 5.32 Å². The van der Waals surface area contributed by atoms with Crippen molar-refractivity contribution in [3.63, 3.8) is 0 Å². The van der Waals surface area contributed by atoms with Crippen molar-refractivity contribution in [2.45, 2.75) is 39.3 Å². The topological polar surface area (TPSA) is 52.0 Å². The molecule has 1 unspecified atom stereocenters. The van der Waals surface area contributed by atoms with Crippen LogP contribution in [0.1, 0.15) is 24.5 Å². The first-order valence-corrected chi connectivity index (χ1v) is 5.96. The lowest BCUT2D eigenvalue weighted by molar-refractivity contribution is 0.110. The first-order chi connectivity index (χ1) is 7.75. The van der Waals surface area contributed by atoms with E-state index < -0.39 is 0 Å². The molecule has 0 radical (unpaired) electrons. The van der Waals surface area contributed by atoms with Crippen LogP contribution in [0.4, 0.5) is 0 Å². The fraction of sp³-hybridized carbons (Fsp3) is 0.818. The van der Waals surface area contributed by atoms with Crippen molar-refractivity contribution in [1.82, 2.24) is 20.1 Å². The number of nitrogens with zero attached hydrogens (tertiary/aromatic N) is 3. The van der Waals surface area contributed by atoms with Gasteiger partial charge in [-0.05, 0) is 26.7 Å². The van der Waals surface area contributed by atoms with Crippen LogP contribution in [0, 0.1) is 13.8 Å². The summed E-state index contributed by atoms with van der Waals surface area (Å²) in [5.74, 6) is 1.83. The lowest BCUT2D eigenvalue weighted by Gasteiger charge is -2.10. The molecule has 90 valence electrons. The average molecular weight is 224 g/mol. The summed E-state index contributed by atoms with van der Waals surface area (Å²) in [5, 5.41) is 7.71. The van der Waals surface area contributed by atoms with Gasteiger partial charge in [-0.2, -0.15) is 5.10 Å². The molecule has 2 rings (SSSR count). The zero-order valence-corrected chi connectivity index (χ0v) is 10.1. The molecule has 0 bridgehead atoms. The Bertz CT molecular complexity index is 331. The molecule has 1 N–H and O–H groups in total. The Balaban J connectivity index is 1.65. The van der Waals surface area contributed by atoms with Crippen LogP contribution in [0.3, 0.4) is 0 Å². The minimum Gasteiger partial charge on any atom is -0.377 e. The van der Waals surface area contributed by atoms with Crippen LogP contribution in [0.25, 0.3) is 0 Å². The summed E-state index contributed by atoms with van der Waals surface area (Å²) in [4.78, 5) is 4.27. The monoisotopic (exact) mass is 224 g/mol. The van der Waals surface area contributed by atoms with Crippen LogP contribution in [0.5, 0.6) is 0 Å². The quantitative estimate of drug-likeness (QED) is 0.747. The summed E-state index contributed by atoms with van der Waals surface area (Å²) in [6, 6.07) is 0. The highest BCUT2D eigenvalue weighted by Crippen LogP contribution is 2.10. The molecule has 0 aromatic carbocycles. The number of rotatable bonds is 5. The maximum Gasteiger partial charge on any atom is 0.147 e. The van der Waals surface area contributed by atoms with E-state index in [-0.39, 0.29) is 0 Å². The molecule has 1 atom stereocenters. The number of aromatic nitrogens is 3. The Morgan fingerprint density at radius 1 is 1.50 bits per heavy atom. The van der Waals surface area contributed by atoms with E-state index in [0.717, 1.165) is 37.9 Å². The van der Waals surface area contributed by atoms with E-state index in [4.69, 9.17) is 4.74 Å². The lowest BCUT2D eigenvalue weighted by atomic mass is 10.2. The van der Waals surface area contributed by atoms with Gasteiger partial charge < -0.3 is 10.1 Å². The molecule has 5 heteroatoms. The molecule has 0 saturated carbocycles. The number of hydrogen-bond donors (Lipinski definition) is 1. The Labute approximate surface area is 96.2 Å². The van der Waals surface area contributed by atoms with Crippen LogP contribution in [0.2, 0.25) is 0 Å². The van der Waals surface area contributed by atoms with Gasteiger partial charge in [0.15, 0.2) is 0 Å². The summed E-state index contributed by atoms with van der Waals surface area (Å²) in [7, 11) is 0. The van der Waals surface area contributed by atoms with Crippen LogP contribution in [-0.2, 0) is 11.3 Å². The van der Waals surface area contributed by atoms with Gasteiger partial charge in [0.05, 0.1) is 12.6 Å². The average Bonchev–Trinajstić information content (AvgIpc) is 2.84. The van der Waals surface area contributed by atoms with Crippen molar-refractivity contribution in [1.29, 1.82) is 0 Å². The zero-order chi connectivity index (χ0) is 11.4. The normalized spacial score (nSPS) is 20.5. The minimum atomic E-state index is 0.415. The van der Waals surface area contributed by atoms with Crippen LogP contribution in [0.15, 0.2) is 0 Å². The molecule has 1 saturated heterocycles. The van der Waals surface area contributed by atoms with Crippen molar-refractivity contribution >= 4 is 0 Å². The van der Waals surface area contributed by atoms with Crippen LogP contribution >= 0.6 is 0 Å². The molecule has 5 nitrogen and oxygen atoms in total. The molecule has 16 heavy (non-hydrogen) atoms. The predicted molar refractivity (Wildman–Crippen MR) is 61.3 cm³/mol. The molecule has 2 heterocycles. The van der Waals surface area contributed by atoms with Gasteiger partial charge in [-0.25, -0.2) is 9.67 Å². The van der Waals surface area contributed by atoms with Crippen molar-refractivity contribution in [3.8, 4) is 0 Å². The van der Waals surface area contributed by atoms with Gasteiger partial charge in [0.2, 0.25) is 0 Å². The Hall–Kier alpha value is -0.940. The van der Waals surface area contributed by atoms with Crippen molar-refractivity contribution < 1.29 is 4.74 Å². The van der Waals surface area contributed by atoms with Crippen molar-refractivity contribution in [2.24, 2.45) is 0 Å². The summed E-state index contributed by atoms with van der Waals surface area (Å²) < 4.78 is 7.48. The van der Waals surface area contributed by atoms with E-state index in [1.807, 2.05) is 18.5 Å². The summed E-state index contributed by atoms with van der Waals surface area (Å²) >= 11 is 0. The molecule has 0 aliphatic carbocycles. The third-order valence-corrected chi connectivity index (χ3v) is 2.86. The van der Waals surface area contributed by atoms with Gasteiger partial charge in [0, 0.05) is 19.7 Å². The number of aryl methyl sites for hydroxylation is 2. The van der Waals surface area contributed by atoms with Crippen molar-refractivity contribution in [2.75, 3.05) is 19.7 Å². The summed E-state index contributed by atoms with van der Waals surface area (Å²) in [6.45, 7) is 7.58. The molecule has 1 aliphatic rings. The summed E-state index contributed by atoms with van der Waals surface area (Å²) in [5.41, 5.74) is 0. The molecule has 0 spiro atoms. The van der Waals surface area contributed by atoms with Gasteiger partial charge >= 0.3 is 0 Å². The third kappa shape index (κ3) is 3.02. The minimum absolute atomic E-state index is 0.415.